The molecule has 0 saturated heterocycles. The first-order valence-electron chi connectivity index (χ1n) is 6.50. The Morgan fingerprint density at radius 1 is 0.850 bits per heavy atom. The third-order valence-electron chi connectivity index (χ3n) is 2.02. The molecule has 2 amide bonds. The van der Waals surface area contributed by atoms with Gasteiger partial charge in [-0.15, -0.1) is 0 Å². The van der Waals surface area contributed by atoms with Gasteiger partial charge in [-0.25, -0.2) is 9.59 Å². The van der Waals surface area contributed by atoms with Crippen molar-refractivity contribution in [2.24, 2.45) is 0 Å². The van der Waals surface area contributed by atoms with Gasteiger partial charge in [0.25, 0.3) is 0 Å². The Morgan fingerprint density at radius 2 is 1.35 bits per heavy atom. The number of hydrogen-bond donors (Lipinski definition) is 2. The summed E-state index contributed by atoms with van der Waals surface area (Å²) in [4.78, 5) is 32.7. The number of carbonyl (C=O) groups is 3. The molecule has 0 aliphatic carbocycles. The lowest BCUT2D eigenvalue weighted by molar-refractivity contribution is -0.141. The molecule has 0 aromatic carbocycles. The van der Waals surface area contributed by atoms with E-state index in [0.29, 0.717) is 6.61 Å². The Labute approximate surface area is 118 Å². The monoisotopic (exact) mass is 290 g/mol. The number of hydrogen-bond acceptors (Lipinski definition) is 6. The molecule has 0 spiro atoms. The fraction of sp³-hybridized carbons (Fsp3) is 0.750. The molecular formula is C12H22N2O6. The first-order chi connectivity index (χ1) is 9.56. The molecule has 2 N–H and O–H groups in total. The van der Waals surface area contributed by atoms with Crippen LogP contribution in [0.15, 0.2) is 0 Å². The second-order valence-electron chi connectivity index (χ2n) is 3.82. The van der Waals surface area contributed by atoms with Crippen molar-refractivity contribution in [2.45, 2.75) is 26.7 Å². The van der Waals surface area contributed by atoms with Gasteiger partial charge < -0.3 is 24.8 Å². The predicted molar refractivity (Wildman–Crippen MR) is 70.2 cm³/mol. The highest BCUT2D eigenvalue weighted by molar-refractivity contribution is 5.68. The van der Waals surface area contributed by atoms with Gasteiger partial charge in [0.15, 0.2) is 0 Å². The lowest BCUT2D eigenvalue weighted by Gasteiger charge is -2.08. The summed E-state index contributed by atoms with van der Waals surface area (Å²) >= 11 is 0. The number of nitrogens with one attached hydrogen (secondary N) is 2. The van der Waals surface area contributed by atoms with E-state index in [9.17, 15) is 14.4 Å². The highest BCUT2D eigenvalue weighted by atomic mass is 16.6. The summed E-state index contributed by atoms with van der Waals surface area (Å²) in [6, 6.07) is 0. The fourth-order valence-electron chi connectivity index (χ4n) is 1.06. The number of rotatable bonds is 9. The average Bonchev–Trinajstić information content (AvgIpc) is 2.40. The third kappa shape index (κ3) is 12.5. The second kappa shape index (κ2) is 12.1. The molecule has 0 fully saturated rings. The smallest absolute Gasteiger partial charge is 0.407 e. The number of carbonyl (C=O) groups excluding carboxylic acids is 3. The van der Waals surface area contributed by atoms with E-state index in [1.165, 1.54) is 6.92 Å². The van der Waals surface area contributed by atoms with E-state index in [-0.39, 0.29) is 26.3 Å². The lowest BCUT2D eigenvalue weighted by Crippen LogP contribution is -2.35. The normalized spacial score (nSPS) is 9.50. The maximum atomic E-state index is 11.1. The van der Waals surface area contributed by atoms with Crippen LogP contribution in [0, 0.1) is 0 Å². The summed E-state index contributed by atoms with van der Waals surface area (Å²) in [5.74, 6) is -0.431. The van der Waals surface area contributed by atoms with Gasteiger partial charge in [-0.3, -0.25) is 4.79 Å². The van der Waals surface area contributed by atoms with E-state index in [1.54, 1.807) is 0 Å². The number of amides is 2. The van der Waals surface area contributed by atoms with Crippen LogP contribution in [-0.2, 0) is 19.0 Å². The van der Waals surface area contributed by atoms with E-state index < -0.39 is 18.2 Å². The van der Waals surface area contributed by atoms with Crippen molar-refractivity contribution in [1.29, 1.82) is 0 Å². The first-order valence-corrected chi connectivity index (χ1v) is 6.50. The van der Waals surface area contributed by atoms with Crippen molar-refractivity contribution in [3.8, 4) is 0 Å². The van der Waals surface area contributed by atoms with Crippen molar-refractivity contribution in [2.75, 3.05) is 32.9 Å². The molecule has 0 aliphatic rings. The van der Waals surface area contributed by atoms with Gasteiger partial charge in [-0.1, -0.05) is 13.3 Å². The summed E-state index contributed by atoms with van der Waals surface area (Å²) in [5.41, 5.74) is 0. The zero-order chi connectivity index (χ0) is 15.2. The third-order valence-corrected chi connectivity index (χ3v) is 2.02. The van der Waals surface area contributed by atoms with Gasteiger partial charge in [-0.2, -0.15) is 0 Å². The van der Waals surface area contributed by atoms with E-state index in [2.05, 4.69) is 15.4 Å². The maximum absolute atomic E-state index is 11.1. The summed E-state index contributed by atoms with van der Waals surface area (Å²) in [6.45, 7) is 4.11. The van der Waals surface area contributed by atoms with E-state index in [4.69, 9.17) is 9.47 Å². The standard InChI is InChI=1S/C12H22N2O6/c1-3-4-7-19-11(16)13-5-6-14-12(17)20-9-8-18-10(2)15/h3-9H2,1-2H3,(H,13,16)(H,14,17). The molecular weight excluding hydrogens is 268 g/mol. The van der Waals surface area contributed by atoms with Crippen molar-refractivity contribution in [3.63, 3.8) is 0 Å². The van der Waals surface area contributed by atoms with Crippen LogP contribution in [0.1, 0.15) is 26.7 Å². The van der Waals surface area contributed by atoms with Crippen LogP contribution in [0.2, 0.25) is 0 Å². The number of esters is 1. The molecule has 8 heteroatoms. The molecule has 0 heterocycles. The quantitative estimate of drug-likeness (QED) is 0.370. The predicted octanol–water partition coefficient (Wildman–Crippen LogP) is 0.802. The Kier molecular flexibility index (Phi) is 10.9. The molecule has 0 rings (SSSR count). The topological polar surface area (TPSA) is 103 Å². The van der Waals surface area contributed by atoms with E-state index >= 15 is 0 Å². The first kappa shape index (κ1) is 18.0. The largest absolute Gasteiger partial charge is 0.462 e. The molecule has 0 atom stereocenters. The highest BCUT2D eigenvalue weighted by Crippen LogP contribution is 1.87. The van der Waals surface area contributed by atoms with Crippen LogP contribution in [0.3, 0.4) is 0 Å². The Morgan fingerprint density at radius 3 is 1.85 bits per heavy atom. The molecule has 0 saturated carbocycles. The SMILES string of the molecule is CCCCOC(=O)NCCNC(=O)OCCOC(C)=O. The van der Waals surface area contributed by atoms with Crippen LogP contribution in [-0.4, -0.2) is 51.1 Å². The summed E-state index contributed by atoms with van der Waals surface area (Å²) in [6.07, 6.45) is 0.621. The minimum absolute atomic E-state index is 0.0160. The van der Waals surface area contributed by atoms with Gasteiger partial charge in [0.05, 0.1) is 6.61 Å². The molecule has 0 radical (unpaired) electrons. The zero-order valence-corrected chi connectivity index (χ0v) is 11.9. The Balaban J connectivity index is 3.38. The van der Waals surface area contributed by atoms with Crippen molar-refractivity contribution < 1.29 is 28.6 Å². The number of unbranched alkanes of at least 4 members (excludes halogenated alkanes) is 1. The second-order valence-corrected chi connectivity index (χ2v) is 3.82. The lowest BCUT2D eigenvalue weighted by atomic mass is 10.4. The van der Waals surface area contributed by atoms with Crippen molar-refractivity contribution in [3.05, 3.63) is 0 Å². The molecule has 0 aromatic heterocycles. The Hall–Kier alpha value is -1.99. The molecule has 0 bridgehead atoms. The van der Waals surface area contributed by atoms with Crippen molar-refractivity contribution in [1.82, 2.24) is 10.6 Å². The van der Waals surface area contributed by atoms with E-state index in [0.717, 1.165) is 12.8 Å². The average molecular weight is 290 g/mol. The van der Waals surface area contributed by atoms with Gasteiger partial charge in [-0.05, 0) is 6.42 Å². The van der Waals surface area contributed by atoms with Crippen LogP contribution in [0.5, 0.6) is 0 Å². The van der Waals surface area contributed by atoms with Gasteiger partial charge in [0.1, 0.15) is 13.2 Å². The molecule has 0 aliphatic heterocycles. The summed E-state index contributed by atoms with van der Waals surface area (Å²) in [7, 11) is 0. The van der Waals surface area contributed by atoms with Crippen LogP contribution in [0.25, 0.3) is 0 Å². The number of alkyl carbamates (subject to hydrolysis) is 2. The number of ether oxygens (including phenoxy) is 3. The van der Waals surface area contributed by atoms with Crippen LogP contribution in [0.4, 0.5) is 9.59 Å². The molecule has 0 unspecified atom stereocenters. The Bertz CT molecular complexity index is 308. The summed E-state index contributed by atoms with van der Waals surface area (Å²) < 4.78 is 14.1. The molecule has 20 heavy (non-hydrogen) atoms. The molecule has 8 nitrogen and oxygen atoms in total. The molecule has 116 valence electrons. The molecule has 0 aromatic rings. The minimum atomic E-state index is -0.640. The van der Waals surface area contributed by atoms with Crippen molar-refractivity contribution >= 4 is 18.2 Å². The van der Waals surface area contributed by atoms with Crippen LogP contribution >= 0.6 is 0 Å². The van der Waals surface area contributed by atoms with Gasteiger partial charge >= 0.3 is 18.2 Å². The fourth-order valence-corrected chi connectivity index (χ4v) is 1.06. The van der Waals surface area contributed by atoms with Gasteiger partial charge in [0, 0.05) is 20.0 Å². The maximum Gasteiger partial charge on any atom is 0.407 e. The van der Waals surface area contributed by atoms with E-state index in [1.807, 2.05) is 6.92 Å². The van der Waals surface area contributed by atoms with Crippen LogP contribution < -0.4 is 10.6 Å². The minimum Gasteiger partial charge on any atom is -0.462 e. The zero-order valence-electron chi connectivity index (χ0n) is 11.9. The summed E-state index contributed by atoms with van der Waals surface area (Å²) in [5, 5.41) is 4.90. The highest BCUT2D eigenvalue weighted by Gasteiger charge is 2.03. The van der Waals surface area contributed by atoms with Gasteiger partial charge in [0.2, 0.25) is 0 Å².